The van der Waals surface area contributed by atoms with Gasteiger partial charge >= 0.3 is 0 Å². The van der Waals surface area contributed by atoms with Gasteiger partial charge in [0.15, 0.2) is 11.0 Å². The zero-order valence-electron chi connectivity index (χ0n) is 11.7. The summed E-state index contributed by atoms with van der Waals surface area (Å²) in [5.41, 5.74) is 0. The highest BCUT2D eigenvalue weighted by molar-refractivity contribution is 6.34. The van der Waals surface area contributed by atoms with E-state index in [-0.39, 0.29) is 11.8 Å². The molecule has 0 aliphatic carbocycles. The molecule has 0 fully saturated rings. The van der Waals surface area contributed by atoms with Crippen molar-refractivity contribution in [3.63, 3.8) is 0 Å². The molecule has 0 aliphatic rings. The van der Waals surface area contributed by atoms with Crippen molar-refractivity contribution in [2.45, 2.75) is 6.92 Å². The second kappa shape index (κ2) is 6.05. The number of hydrogen-bond donors (Lipinski definition) is 1. The first-order chi connectivity index (χ1) is 9.54. The molecule has 1 N–H and O–H groups in total. The molecule has 2 aromatic rings. The van der Waals surface area contributed by atoms with Gasteiger partial charge in [-0.15, -0.1) is 10.2 Å². The Morgan fingerprint density at radius 2 is 2.00 bits per heavy atom. The summed E-state index contributed by atoms with van der Waals surface area (Å²) in [4.78, 5) is 13.5. The van der Waals surface area contributed by atoms with E-state index in [0.29, 0.717) is 11.7 Å². The zero-order valence-corrected chi connectivity index (χ0v) is 12.5. The number of anilines is 1. The van der Waals surface area contributed by atoms with Crippen molar-refractivity contribution in [3.8, 4) is 0 Å². The van der Waals surface area contributed by atoms with Crippen molar-refractivity contribution >= 4 is 34.1 Å². The quantitative estimate of drug-likeness (QED) is 0.937. The number of carbonyl (C=O) groups excluding carboxylic acids is 1. The number of nitrogens with zero attached hydrogens (tertiary/aromatic N) is 3. The van der Waals surface area contributed by atoms with Gasteiger partial charge in [0, 0.05) is 31.4 Å². The summed E-state index contributed by atoms with van der Waals surface area (Å²) in [6.45, 7) is 2.43. The van der Waals surface area contributed by atoms with Crippen LogP contribution in [0, 0.1) is 5.92 Å². The number of halogens is 1. The summed E-state index contributed by atoms with van der Waals surface area (Å²) in [6.07, 6.45) is 0. The molecule has 0 radical (unpaired) electrons. The highest BCUT2D eigenvalue weighted by Crippen LogP contribution is 2.27. The maximum Gasteiger partial charge on any atom is 0.224 e. The second-order valence-electron chi connectivity index (χ2n) is 4.76. The topological polar surface area (TPSA) is 58.1 Å². The Kier molecular flexibility index (Phi) is 4.39. The smallest absolute Gasteiger partial charge is 0.224 e. The van der Waals surface area contributed by atoms with Gasteiger partial charge in [-0.2, -0.15) is 0 Å². The van der Waals surface area contributed by atoms with E-state index < -0.39 is 0 Å². The van der Waals surface area contributed by atoms with Gasteiger partial charge in [-0.3, -0.25) is 4.79 Å². The predicted molar refractivity (Wildman–Crippen MR) is 81.0 cm³/mol. The van der Waals surface area contributed by atoms with Gasteiger partial charge < -0.3 is 10.2 Å². The lowest BCUT2D eigenvalue weighted by molar-refractivity contribution is -0.123. The molecule has 20 heavy (non-hydrogen) atoms. The molecule has 1 aromatic heterocycles. The second-order valence-corrected chi connectivity index (χ2v) is 5.11. The molecular weight excluding hydrogens is 276 g/mol. The minimum Gasteiger partial charge on any atom is -0.359 e. The van der Waals surface area contributed by atoms with E-state index in [1.165, 1.54) is 0 Å². The number of hydrogen-bond acceptors (Lipinski definition) is 4. The van der Waals surface area contributed by atoms with Gasteiger partial charge in [-0.05, 0) is 0 Å². The van der Waals surface area contributed by atoms with E-state index in [1.807, 2.05) is 43.1 Å². The van der Waals surface area contributed by atoms with Crippen LogP contribution < -0.4 is 10.2 Å². The van der Waals surface area contributed by atoms with Crippen molar-refractivity contribution in [3.05, 3.63) is 29.4 Å². The zero-order chi connectivity index (χ0) is 14.7. The number of aromatic nitrogens is 2. The fourth-order valence-corrected chi connectivity index (χ4v) is 2.37. The lowest BCUT2D eigenvalue weighted by atomic mass is 10.1. The maximum absolute atomic E-state index is 11.6. The third-order valence-electron chi connectivity index (χ3n) is 3.23. The molecule has 2 rings (SSSR count). The number of benzene rings is 1. The Morgan fingerprint density at radius 3 is 2.65 bits per heavy atom. The first kappa shape index (κ1) is 14.5. The molecule has 1 atom stereocenters. The number of nitrogens with one attached hydrogen (secondary N) is 1. The number of rotatable bonds is 4. The monoisotopic (exact) mass is 292 g/mol. The molecule has 106 valence electrons. The van der Waals surface area contributed by atoms with E-state index in [2.05, 4.69) is 15.5 Å². The third-order valence-corrected chi connectivity index (χ3v) is 3.51. The van der Waals surface area contributed by atoms with Gasteiger partial charge in [0.25, 0.3) is 0 Å². The lowest BCUT2D eigenvalue weighted by Crippen LogP contribution is -2.34. The highest BCUT2D eigenvalue weighted by atomic mass is 35.5. The summed E-state index contributed by atoms with van der Waals surface area (Å²) in [5, 5.41) is 13.0. The van der Waals surface area contributed by atoms with E-state index in [0.717, 1.165) is 16.6 Å². The van der Waals surface area contributed by atoms with Crippen LogP contribution in [0.1, 0.15) is 6.92 Å². The molecule has 0 saturated carbocycles. The molecule has 0 spiro atoms. The summed E-state index contributed by atoms with van der Waals surface area (Å²) in [5.74, 6) is 0.588. The fraction of sp³-hybridized carbons (Fsp3) is 0.357. The van der Waals surface area contributed by atoms with Gasteiger partial charge in [-0.25, -0.2) is 0 Å². The van der Waals surface area contributed by atoms with Crippen LogP contribution in [0.3, 0.4) is 0 Å². The summed E-state index contributed by atoms with van der Waals surface area (Å²) in [6, 6.07) is 7.70. The molecule has 1 unspecified atom stereocenters. The van der Waals surface area contributed by atoms with Crippen molar-refractivity contribution in [1.82, 2.24) is 15.5 Å². The number of carbonyl (C=O) groups is 1. The summed E-state index contributed by atoms with van der Waals surface area (Å²) < 4.78 is 0. The van der Waals surface area contributed by atoms with Crippen molar-refractivity contribution in [2.24, 2.45) is 5.92 Å². The summed E-state index contributed by atoms with van der Waals surface area (Å²) >= 11 is 6.06. The molecule has 0 saturated heterocycles. The van der Waals surface area contributed by atoms with Gasteiger partial charge in [0.1, 0.15) is 0 Å². The van der Waals surface area contributed by atoms with Crippen LogP contribution in [-0.2, 0) is 4.79 Å². The SMILES string of the molecule is CNC(=O)C(C)CN(C)c1nnc(Cl)c2ccccc12. The van der Waals surface area contributed by atoms with Crippen LogP contribution in [0.2, 0.25) is 5.15 Å². The number of fused-ring (bicyclic) bond motifs is 1. The summed E-state index contributed by atoms with van der Waals surface area (Å²) in [7, 11) is 3.53. The average Bonchev–Trinajstić information content (AvgIpc) is 2.46. The first-order valence-corrected chi connectivity index (χ1v) is 6.76. The van der Waals surface area contributed by atoms with Crippen molar-refractivity contribution in [2.75, 3.05) is 25.5 Å². The van der Waals surface area contributed by atoms with Gasteiger partial charge in [-0.1, -0.05) is 42.8 Å². The third kappa shape index (κ3) is 2.82. The molecule has 0 aliphatic heterocycles. The van der Waals surface area contributed by atoms with E-state index in [9.17, 15) is 4.79 Å². The molecule has 1 heterocycles. The molecule has 1 aromatic carbocycles. The fourth-order valence-electron chi connectivity index (χ4n) is 2.17. The Morgan fingerprint density at radius 1 is 1.35 bits per heavy atom. The molecular formula is C14H17ClN4O. The van der Waals surface area contributed by atoms with Crippen molar-refractivity contribution in [1.29, 1.82) is 0 Å². The number of amides is 1. The maximum atomic E-state index is 11.6. The van der Waals surface area contributed by atoms with E-state index in [4.69, 9.17) is 11.6 Å². The average molecular weight is 293 g/mol. The van der Waals surface area contributed by atoms with Gasteiger partial charge in [0.05, 0.1) is 5.92 Å². The molecule has 6 heteroatoms. The Balaban J connectivity index is 2.33. The van der Waals surface area contributed by atoms with E-state index in [1.54, 1.807) is 7.05 Å². The van der Waals surface area contributed by atoms with Crippen LogP contribution in [0.15, 0.2) is 24.3 Å². The Hall–Kier alpha value is -1.88. The molecule has 5 nitrogen and oxygen atoms in total. The van der Waals surface area contributed by atoms with Crippen LogP contribution in [0.4, 0.5) is 5.82 Å². The molecule has 1 amide bonds. The standard InChI is InChI=1S/C14H17ClN4O/c1-9(14(20)16-2)8-19(3)13-11-7-5-4-6-10(11)12(15)17-18-13/h4-7,9H,8H2,1-3H3,(H,16,20). The first-order valence-electron chi connectivity index (χ1n) is 6.38. The van der Waals surface area contributed by atoms with Crippen LogP contribution in [-0.4, -0.2) is 36.7 Å². The minimum absolute atomic E-state index is 0.00285. The largest absolute Gasteiger partial charge is 0.359 e. The van der Waals surface area contributed by atoms with E-state index >= 15 is 0 Å². The van der Waals surface area contributed by atoms with Crippen LogP contribution in [0.5, 0.6) is 0 Å². The Labute approximate surface area is 122 Å². The minimum atomic E-state index is -0.138. The predicted octanol–water partition coefficient (Wildman–Crippen LogP) is 2.10. The van der Waals surface area contributed by atoms with Gasteiger partial charge in [0.2, 0.25) is 5.91 Å². The van der Waals surface area contributed by atoms with Crippen LogP contribution >= 0.6 is 11.6 Å². The van der Waals surface area contributed by atoms with Crippen LogP contribution in [0.25, 0.3) is 10.8 Å². The Bertz CT molecular complexity index is 632. The van der Waals surface area contributed by atoms with Crippen molar-refractivity contribution < 1.29 is 4.79 Å². The normalized spacial score (nSPS) is 12.2. The molecule has 0 bridgehead atoms. The lowest BCUT2D eigenvalue weighted by Gasteiger charge is -2.22. The highest BCUT2D eigenvalue weighted by Gasteiger charge is 2.17.